The minimum absolute atomic E-state index is 0.267. The van der Waals surface area contributed by atoms with Crippen LogP contribution in [0.4, 0.5) is 17.6 Å². The van der Waals surface area contributed by atoms with Gasteiger partial charge in [-0.15, -0.1) is 11.3 Å². The smallest absolute Gasteiger partial charge is 0.271 e. The lowest BCUT2D eigenvalue weighted by Crippen LogP contribution is -2.28. The first-order chi connectivity index (χ1) is 9.32. The van der Waals surface area contributed by atoms with Gasteiger partial charge in [0.05, 0.1) is 11.6 Å². The lowest BCUT2D eigenvalue weighted by atomic mass is 10.0. The predicted octanol–water partition coefficient (Wildman–Crippen LogP) is 3.77. The molecule has 108 valence electrons. The Morgan fingerprint density at radius 3 is 2.40 bits per heavy atom. The molecule has 0 amide bonds. The van der Waals surface area contributed by atoms with Crippen LogP contribution in [0.3, 0.4) is 0 Å². The number of hydrazine groups is 1. The summed E-state index contributed by atoms with van der Waals surface area (Å²) in [5.41, 5.74) is 1.45. The van der Waals surface area contributed by atoms with Crippen LogP contribution in [0, 0.1) is 12.7 Å². The highest BCUT2D eigenvalue weighted by atomic mass is 32.1. The molecule has 0 aliphatic carbocycles. The van der Waals surface area contributed by atoms with E-state index < -0.39 is 23.6 Å². The molecule has 0 saturated heterocycles. The Morgan fingerprint density at radius 1 is 1.20 bits per heavy atom. The van der Waals surface area contributed by atoms with E-state index in [0.29, 0.717) is 0 Å². The Labute approximate surface area is 117 Å². The van der Waals surface area contributed by atoms with Gasteiger partial charge in [-0.2, -0.15) is 13.2 Å². The highest BCUT2D eigenvalue weighted by molar-refractivity contribution is 7.12. The summed E-state index contributed by atoms with van der Waals surface area (Å²) in [4.78, 5) is 1.78. The van der Waals surface area contributed by atoms with Crippen molar-refractivity contribution in [3.63, 3.8) is 0 Å². The normalized spacial score (nSPS) is 13.5. The van der Waals surface area contributed by atoms with Crippen LogP contribution in [0.15, 0.2) is 30.3 Å². The van der Waals surface area contributed by atoms with Crippen LogP contribution >= 0.6 is 11.3 Å². The molecule has 0 spiro atoms. The third kappa shape index (κ3) is 3.00. The minimum Gasteiger partial charge on any atom is -0.271 e. The van der Waals surface area contributed by atoms with Crippen LogP contribution in [0.1, 0.15) is 26.9 Å². The summed E-state index contributed by atoms with van der Waals surface area (Å²) in [7, 11) is 0. The molecule has 20 heavy (non-hydrogen) atoms. The van der Waals surface area contributed by atoms with Gasteiger partial charge in [-0.25, -0.2) is 9.82 Å². The van der Waals surface area contributed by atoms with E-state index >= 15 is 0 Å². The van der Waals surface area contributed by atoms with Gasteiger partial charge in [0, 0.05) is 9.75 Å². The number of halogens is 4. The Morgan fingerprint density at radius 2 is 1.90 bits per heavy atom. The van der Waals surface area contributed by atoms with Crippen molar-refractivity contribution in [2.45, 2.75) is 19.1 Å². The van der Waals surface area contributed by atoms with Crippen molar-refractivity contribution in [3.05, 3.63) is 57.0 Å². The zero-order valence-electron chi connectivity index (χ0n) is 10.5. The Balaban J connectivity index is 2.46. The summed E-state index contributed by atoms with van der Waals surface area (Å²) in [5.74, 6) is 4.13. The summed E-state index contributed by atoms with van der Waals surface area (Å²) in [5, 5.41) is 0. The summed E-state index contributed by atoms with van der Waals surface area (Å²) >= 11 is 1.42. The number of rotatable bonds is 3. The van der Waals surface area contributed by atoms with E-state index in [-0.39, 0.29) is 5.56 Å². The zero-order chi connectivity index (χ0) is 14.9. The summed E-state index contributed by atoms with van der Waals surface area (Å²) in [6.07, 6.45) is -4.73. The van der Waals surface area contributed by atoms with E-state index in [1.165, 1.54) is 17.4 Å². The zero-order valence-corrected chi connectivity index (χ0v) is 11.3. The number of nitrogens with one attached hydrogen (secondary N) is 1. The Kier molecular flexibility index (Phi) is 4.12. The van der Waals surface area contributed by atoms with Crippen LogP contribution in [-0.4, -0.2) is 0 Å². The molecule has 1 aromatic carbocycles. The van der Waals surface area contributed by atoms with E-state index in [2.05, 4.69) is 5.43 Å². The van der Waals surface area contributed by atoms with Gasteiger partial charge in [0.2, 0.25) is 0 Å². The molecule has 1 heterocycles. The summed E-state index contributed by atoms with van der Waals surface area (Å²) < 4.78 is 51.4. The molecular weight excluding hydrogens is 292 g/mol. The largest absolute Gasteiger partial charge is 0.419 e. The first-order valence-corrected chi connectivity index (χ1v) is 6.53. The maximum absolute atomic E-state index is 13.3. The number of hydrogen-bond donors (Lipinski definition) is 2. The SMILES string of the molecule is Cc1ccc(C(NN)c2ccc(F)c(C(F)(F)F)c2)s1. The van der Waals surface area contributed by atoms with Crippen molar-refractivity contribution in [1.82, 2.24) is 5.43 Å². The van der Waals surface area contributed by atoms with Crippen molar-refractivity contribution in [1.29, 1.82) is 0 Å². The monoisotopic (exact) mass is 304 g/mol. The number of thiophene rings is 1. The van der Waals surface area contributed by atoms with E-state index in [9.17, 15) is 17.6 Å². The molecular formula is C13H12F4N2S. The number of nitrogens with two attached hydrogens (primary N) is 1. The standard InChI is InChI=1S/C13H12F4N2S/c1-7-2-5-11(20-7)12(19-18)8-3-4-10(14)9(6-8)13(15,16)17/h2-6,12,19H,18H2,1H3. The first kappa shape index (κ1) is 15.0. The van der Waals surface area contributed by atoms with Crippen LogP contribution in [0.2, 0.25) is 0 Å². The molecule has 0 radical (unpaired) electrons. The first-order valence-electron chi connectivity index (χ1n) is 5.72. The molecule has 2 nitrogen and oxygen atoms in total. The number of aryl methyl sites for hydroxylation is 1. The minimum atomic E-state index is -4.73. The molecule has 3 N–H and O–H groups in total. The lowest BCUT2D eigenvalue weighted by Gasteiger charge is -2.17. The van der Waals surface area contributed by atoms with E-state index in [1.807, 2.05) is 13.0 Å². The average molecular weight is 304 g/mol. The van der Waals surface area contributed by atoms with Gasteiger partial charge in [0.25, 0.3) is 0 Å². The van der Waals surface area contributed by atoms with Crippen molar-refractivity contribution in [2.24, 2.45) is 5.84 Å². The molecule has 0 aliphatic heterocycles. The molecule has 0 bridgehead atoms. The predicted molar refractivity (Wildman–Crippen MR) is 69.6 cm³/mol. The Bertz CT molecular complexity index is 607. The molecule has 0 aliphatic rings. The topological polar surface area (TPSA) is 38.0 Å². The molecule has 1 atom stereocenters. The summed E-state index contributed by atoms with van der Waals surface area (Å²) in [6, 6.07) is 5.91. The number of alkyl halides is 3. The fourth-order valence-electron chi connectivity index (χ4n) is 1.89. The maximum Gasteiger partial charge on any atom is 0.419 e. The van der Waals surface area contributed by atoms with Gasteiger partial charge in [0.15, 0.2) is 0 Å². The fraction of sp³-hybridized carbons (Fsp3) is 0.231. The van der Waals surface area contributed by atoms with Crippen LogP contribution in [0.25, 0.3) is 0 Å². The number of benzene rings is 1. The molecule has 7 heteroatoms. The highest BCUT2D eigenvalue weighted by Gasteiger charge is 2.34. The maximum atomic E-state index is 13.3. The average Bonchev–Trinajstić information content (AvgIpc) is 2.77. The second-order valence-electron chi connectivity index (χ2n) is 4.29. The van der Waals surface area contributed by atoms with E-state index in [4.69, 9.17) is 5.84 Å². The van der Waals surface area contributed by atoms with Crippen LogP contribution < -0.4 is 11.3 Å². The van der Waals surface area contributed by atoms with Crippen LogP contribution in [0.5, 0.6) is 0 Å². The van der Waals surface area contributed by atoms with Crippen molar-refractivity contribution in [2.75, 3.05) is 0 Å². The van der Waals surface area contributed by atoms with Crippen molar-refractivity contribution >= 4 is 11.3 Å². The molecule has 0 fully saturated rings. The van der Waals surface area contributed by atoms with Crippen LogP contribution in [-0.2, 0) is 6.18 Å². The molecule has 2 aromatic rings. The molecule has 1 aromatic heterocycles. The quantitative estimate of drug-likeness (QED) is 0.515. The Hall–Kier alpha value is -1.44. The van der Waals surface area contributed by atoms with Gasteiger partial charge in [-0.3, -0.25) is 5.84 Å². The van der Waals surface area contributed by atoms with Gasteiger partial charge in [0.1, 0.15) is 5.82 Å². The second kappa shape index (κ2) is 5.51. The second-order valence-corrected chi connectivity index (χ2v) is 5.60. The van der Waals surface area contributed by atoms with Gasteiger partial charge >= 0.3 is 6.18 Å². The lowest BCUT2D eigenvalue weighted by molar-refractivity contribution is -0.140. The molecule has 2 rings (SSSR count). The van der Waals surface area contributed by atoms with E-state index in [1.54, 1.807) is 6.07 Å². The summed E-state index contributed by atoms with van der Waals surface area (Å²) in [6.45, 7) is 1.88. The van der Waals surface area contributed by atoms with Gasteiger partial charge < -0.3 is 0 Å². The van der Waals surface area contributed by atoms with Crippen molar-refractivity contribution < 1.29 is 17.6 Å². The number of hydrogen-bond acceptors (Lipinski definition) is 3. The fourth-order valence-corrected chi connectivity index (χ4v) is 2.86. The molecule has 0 saturated carbocycles. The van der Waals surface area contributed by atoms with Gasteiger partial charge in [-0.05, 0) is 36.8 Å². The highest BCUT2D eigenvalue weighted by Crippen LogP contribution is 2.35. The third-order valence-corrected chi connectivity index (χ3v) is 3.91. The van der Waals surface area contributed by atoms with Crippen molar-refractivity contribution in [3.8, 4) is 0 Å². The van der Waals surface area contributed by atoms with E-state index in [0.717, 1.165) is 21.9 Å². The molecule has 1 unspecified atom stereocenters. The third-order valence-electron chi connectivity index (χ3n) is 2.84. The van der Waals surface area contributed by atoms with Gasteiger partial charge in [-0.1, -0.05) is 6.07 Å².